The molecule has 0 aromatic heterocycles. The zero-order chi connectivity index (χ0) is 14.3. The number of benzene rings is 1. The fourth-order valence-electron chi connectivity index (χ4n) is 1.31. The molecule has 0 radical (unpaired) electrons. The molecule has 0 aliphatic carbocycles. The number of carbonyl (C=O) groups excluding carboxylic acids is 1. The zero-order valence-electron chi connectivity index (χ0n) is 10.8. The van der Waals surface area contributed by atoms with E-state index in [1.54, 1.807) is 11.8 Å². The molecule has 1 rings (SSSR count). The highest BCUT2D eigenvalue weighted by Gasteiger charge is 2.03. The minimum atomic E-state index is -0.418. The van der Waals surface area contributed by atoms with Crippen LogP contribution < -0.4 is 0 Å². The van der Waals surface area contributed by atoms with Crippen molar-refractivity contribution in [2.75, 3.05) is 12.9 Å². The van der Waals surface area contributed by atoms with E-state index >= 15 is 0 Å². The van der Waals surface area contributed by atoms with Gasteiger partial charge in [-0.25, -0.2) is 0 Å². The second-order valence-electron chi connectivity index (χ2n) is 3.79. The Morgan fingerprint density at radius 3 is 2.58 bits per heavy atom. The second-order valence-corrected chi connectivity index (χ2v) is 4.95. The van der Waals surface area contributed by atoms with Crippen LogP contribution in [0, 0.1) is 10.1 Å². The van der Waals surface area contributed by atoms with Gasteiger partial charge in [0.05, 0.1) is 18.5 Å². The first-order valence-electron chi connectivity index (χ1n) is 5.65. The third-order valence-electron chi connectivity index (χ3n) is 2.35. The summed E-state index contributed by atoms with van der Waals surface area (Å²) < 4.78 is 4.55. The van der Waals surface area contributed by atoms with Crippen molar-refractivity contribution in [1.82, 2.24) is 0 Å². The van der Waals surface area contributed by atoms with Gasteiger partial charge in [-0.2, -0.15) is 0 Å². The number of nitro groups is 1. The summed E-state index contributed by atoms with van der Waals surface area (Å²) >= 11 is 1.54. The molecule has 5 nitrogen and oxygen atoms in total. The van der Waals surface area contributed by atoms with Crippen LogP contribution >= 0.6 is 11.8 Å². The number of ether oxygens (including phenoxy) is 1. The van der Waals surface area contributed by atoms with E-state index in [4.69, 9.17) is 0 Å². The molecule has 1 aromatic carbocycles. The van der Waals surface area contributed by atoms with Gasteiger partial charge in [0, 0.05) is 23.6 Å². The lowest BCUT2D eigenvalue weighted by Gasteiger charge is -2.01. The van der Waals surface area contributed by atoms with Crippen molar-refractivity contribution in [2.24, 2.45) is 0 Å². The topological polar surface area (TPSA) is 69.4 Å². The van der Waals surface area contributed by atoms with Gasteiger partial charge in [0.1, 0.15) is 0 Å². The SMILES string of the molecule is COC(=O)CCSc1ccc(C=C(C)[N+](=O)[O-])cc1. The van der Waals surface area contributed by atoms with Gasteiger partial charge in [0.2, 0.25) is 5.70 Å². The summed E-state index contributed by atoms with van der Waals surface area (Å²) in [4.78, 5) is 22.0. The quantitative estimate of drug-likeness (QED) is 0.347. The van der Waals surface area contributed by atoms with Crippen molar-refractivity contribution in [2.45, 2.75) is 18.2 Å². The minimum absolute atomic E-state index is 0.103. The number of methoxy groups -OCH3 is 1. The first-order valence-corrected chi connectivity index (χ1v) is 6.64. The van der Waals surface area contributed by atoms with Crippen LogP contribution in [0.5, 0.6) is 0 Å². The molecule has 0 spiro atoms. The Balaban J connectivity index is 2.55. The Morgan fingerprint density at radius 1 is 1.42 bits per heavy atom. The van der Waals surface area contributed by atoms with Crippen molar-refractivity contribution < 1.29 is 14.5 Å². The first-order chi connectivity index (χ1) is 9.02. The first kappa shape index (κ1) is 15.2. The van der Waals surface area contributed by atoms with Crippen LogP contribution in [0.3, 0.4) is 0 Å². The molecule has 0 bridgehead atoms. The summed E-state index contributed by atoms with van der Waals surface area (Å²) in [6, 6.07) is 7.38. The summed E-state index contributed by atoms with van der Waals surface area (Å²) in [6.45, 7) is 1.46. The predicted molar refractivity (Wildman–Crippen MR) is 74.4 cm³/mol. The molecule has 0 aliphatic rings. The fraction of sp³-hybridized carbons (Fsp3) is 0.308. The largest absolute Gasteiger partial charge is 0.469 e. The smallest absolute Gasteiger partial charge is 0.306 e. The van der Waals surface area contributed by atoms with Gasteiger partial charge >= 0.3 is 5.97 Å². The molecular weight excluding hydrogens is 266 g/mol. The Labute approximate surface area is 115 Å². The highest BCUT2D eigenvalue weighted by atomic mass is 32.2. The molecule has 102 valence electrons. The van der Waals surface area contributed by atoms with Crippen LogP contribution in [0.2, 0.25) is 0 Å². The second kappa shape index (κ2) is 7.58. The molecule has 0 aliphatic heterocycles. The van der Waals surface area contributed by atoms with Gasteiger partial charge in [-0.3, -0.25) is 14.9 Å². The van der Waals surface area contributed by atoms with Crippen LogP contribution in [0.1, 0.15) is 18.9 Å². The Hall–Kier alpha value is -1.82. The van der Waals surface area contributed by atoms with E-state index in [9.17, 15) is 14.9 Å². The predicted octanol–water partition coefficient (Wildman–Crippen LogP) is 2.98. The standard InChI is InChI=1S/C13H15NO4S/c1-10(14(16)17)9-11-3-5-12(6-4-11)19-8-7-13(15)18-2/h3-6,9H,7-8H2,1-2H3. The van der Waals surface area contributed by atoms with E-state index in [1.807, 2.05) is 24.3 Å². The summed E-state index contributed by atoms with van der Waals surface area (Å²) in [7, 11) is 1.37. The van der Waals surface area contributed by atoms with E-state index in [-0.39, 0.29) is 11.7 Å². The van der Waals surface area contributed by atoms with Gasteiger partial charge in [-0.1, -0.05) is 12.1 Å². The zero-order valence-corrected chi connectivity index (χ0v) is 11.6. The Morgan fingerprint density at radius 2 is 2.05 bits per heavy atom. The highest BCUT2D eigenvalue weighted by Crippen LogP contribution is 2.20. The third kappa shape index (κ3) is 5.56. The van der Waals surface area contributed by atoms with Crippen molar-refractivity contribution >= 4 is 23.8 Å². The minimum Gasteiger partial charge on any atom is -0.469 e. The van der Waals surface area contributed by atoms with Gasteiger partial charge in [-0.05, 0) is 17.7 Å². The number of carbonyl (C=O) groups is 1. The molecule has 0 saturated carbocycles. The molecule has 0 N–H and O–H groups in total. The van der Waals surface area contributed by atoms with E-state index < -0.39 is 4.92 Å². The number of allylic oxidation sites excluding steroid dienone is 1. The van der Waals surface area contributed by atoms with Crippen molar-refractivity contribution in [3.63, 3.8) is 0 Å². The lowest BCUT2D eigenvalue weighted by atomic mass is 10.2. The van der Waals surface area contributed by atoms with Crippen LogP contribution in [0.25, 0.3) is 6.08 Å². The maximum atomic E-state index is 10.9. The van der Waals surface area contributed by atoms with E-state index in [2.05, 4.69) is 4.74 Å². The molecule has 0 amide bonds. The fourth-order valence-corrected chi connectivity index (χ4v) is 2.14. The number of esters is 1. The van der Waals surface area contributed by atoms with Gasteiger partial charge in [0.25, 0.3) is 0 Å². The lowest BCUT2D eigenvalue weighted by molar-refractivity contribution is -0.422. The van der Waals surface area contributed by atoms with Crippen LogP contribution in [0.4, 0.5) is 0 Å². The number of hydrogen-bond acceptors (Lipinski definition) is 5. The van der Waals surface area contributed by atoms with Gasteiger partial charge in [-0.15, -0.1) is 11.8 Å². The Kier molecular flexibility index (Phi) is 6.08. The van der Waals surface area contributed by atoms with E-state index in [1.165, 1.54) is 20.1 Å². The molecule has 1 aromatic rings. The van der Waals surface area contributed by atoms with Gasteiger partial charge in [0.15, 0.2) is 0 Å². The molecule has 0 saturated heterocycles. The van der Waals surface area contributed by atoms with Crippen LogP contribution in [-0.2, 0) is 9.53 Å². The number of hydrogen-bond donors (Lipinski definition) is 0. The average molecular weight is 281 g/mol. The van der Waals surface area contributed by atoms with Crippen molar-refractivity contribution in [3.8, 4) is 0 Å². The van der Waals surface area contributed by atoms with Crippen LogP contribution in [0.15, 0.2) is 34.9 Å². The molecular formula is C13H15NO4S. The molecule has 19 heavy (non-hydrogen) atoms. The maximum absolute atomic E-state index is 10.9. The summed E-state index contributed by atoms with van der Waals surface area (Å²) in [6.07, 6.45) is 1.88. The highest BCUT2D eigenvalue weighted by molar-refractivity contribution is 7.99. The van der Waals surface area contributed by atoms with Crippen LogP contribution in [-0.4, -0.2) is 23.8 Å². The average Bonchev–Trinajstić information content (AvgIpc) is 2.40. The van der Waals surface area contributed by atoms with Crippen molar-refractivity contribution in [1.29, 1.82) is 0 Å². The molecule has 0 unspecified atom stereocenters. The summed E-state index contributed by atoms with van der Waals surface area (Å²) in [5.74, 6) is 0.421. The number of rotatable bonds is 6. The third-order valence-corrected chi connectivity index (χ3v) is 3.36. The lowest BCUT2D eigenvalue weighted by Crippen LogP contribution is -2.00. The molecule has 0 atom stereocenters. The van der Waals surface area contributed by atoms with Gasteiger partial charge < -0.3 is 4.74 Å². The normalized spacial score (nSPS) is 11.2. The number of nitrogens with zero attached hydrogens (tertiary/aromatic N) is 1. The monoisotopic (exact) mass is 281 g/mol. The van der Waals surface area contributed by atoms with E-state index in [0.717, 1.165) is 10.5 Å². The molecule has 0 heterocycles. The molecule has 6 heteroatoms. The maximum Gasteiger partial charge on any atom is 0.306 e. The van der Waals surface area contributed by atoms with E-state index in [0.29, 0.717) is 12.2 Å². The Bertz CT molecular complexity index is 482. The summed E-state index contributed by atoms with van der Waals surface area (Å²) in [5, 5.41) is 10.5. The number of thioether (sulfide) groups is 1. The molecule has 0 fully saturated rings. The summed E-state index contributed by atoms with van der Waals surface area (Å²) in [5.41, 5.74) is 0.887. The van der Waals surface area contributed by atoms with Crippen molar-refractivity contribution in [3.05, 3.63) is 45.6 Å².